The second-order valence-electron chi connectivity index (χ2n) is 7.74. The predicted octanol–water partition coefficient (Wildman–Crippen LogP) is 3.64. The number of alkyl halides is 1. The summed E-state index contributed by atoms with van der Waals surface area (Å²) in [6.07, 6.45) is 3.30. The summed E-state index contributed by atoms with van der Waals surface area (Å²) in [5, 5.41) is 0. The number of halogens is 2. The van der Waals surface area contributed by atoms with Crippen molar-refractivity contribution < 1.29 is 13.6 Å². The van der Waals surface area contributed by atoms with Crippen LogP contribution in [0.5, 0.6) is 0 Å². The molecule has 3 nitrogen and oxygen atoms in total. The van der Waals surface area contributed by atoms with Crippen LogP contribution in [0.1, 0.15) is 41.9 Å². The number of carbonyl (C=O) groups excluding carboxylic acids is 1. The summed E-state index contributed by atoms with van der Waals surface area (Å²) >= 11 is 0. The lowest BCUT2D eigenvalue weighted by Crippen LogP contribution is -2.33. The van der Waals surface area contributed by atoms with Crippen molar-refractivity contribution in [2.24, 2.45) is 11.7 Å². The zero-order valence-electron chi connectivity index (χ0n) is 14.9. The van der Waals surface area contributed by atoms with E-state index in [2.05, 4.69) is 0 Å². The van der Waals surface area contributed by atoms with Gasteiger partial charge in [0.25, 0.3) is 0 Å². The molecule has 1 aromatic rings. The molecule has 1 aliphatic heterocycles. The van der Waals surface area contributed by atoms with Crippen LogP contribution in [-0.2, 0) is 4.79 Å². The molecule has 4 unspecified atom stereocenters. The smallest absolute Gasteiger partial charge is 0.226 e. The number of rotatable bonds is 3. The maximum atomic E-state index is 14.5. The Kier molecular flexibility index (Phi) is 4.43. The molecule has 1 saturated carbocycles. The van der Waals surface area contributed by atoms with Crippen molar-refractivity contribution in [2.45, 2.75) is 44.3 Å². The largest absolute Gasteiger partial charge is 0.341 e. The second-order valence-corrected chi connectivity index (χ2v) is 7.74. The van der Waals surface area contributed by atoms with Crippen LogP contribution in [0, 0.1) is 12.8 Å². The Labute approximate surface area is 152 Å². The van der Waals surface area contributed by atoms with Gasteiger partial charge in [-0.15, -0.1) is 0 Å². The van der Waals surface area contributed by atoms with Crippen LogP contribution in [-0.4, -0.2) is 36.1 Å². The van der Waals surface area contributed by atoms with Gasteiger partial charge in [-0.05, 0) is 42.9 Å². The van der Waals surface area contributed by atoms with E-state index < -0.39 is 12.0 Å². The first-order chi connectivity index (χ1) is 12.5. The molecule has 3 aliphatic rings. The average molecular weight is 358 g/mol. The molecule has 2 aliphatic carbocycles. The lowest BCUT2D eigenvalue weighted by molar-refractivity contribution is -0.131. The highest BCUT2D eigenvalue weighted by Gasteiger charge is 2.47. The third kappa shape index (κ3) is 3.09. The SMILES string of the molecule is Cc1ccc(C2CC2C(=O)N2CCC(N)C2)c(C2=C(F)C=CCC2F)c1. The quantitative estimate of drug-likeness (QED) is 0.897. The molecule has 0 aromatic heterocycles. The van der Waals surface area contributed by atoms with Gasteiger partial charge in [-0.25, -0.2) is 8.78 Å². The van der Waals surface area contributed by atoms with E-state index in [4.69, 9.17) is 5.73 Å². The lowest BCUT2D eigenvalue weighted by Gasteiger charge is -2.20. The van der Waals surface area contributed by atoms with Crippen LogP contribution < -0.4 is 5.73 Å². The molecule has 2 N–H and O–H groups in total. The van der Waals surface area contributed by atoms with E-state index in [-0.39, 0.29) is 35.8 Å². The van der Waals surface area contributed by atoms with Crippen molar-refractivity contribution in [3.8, 4) is 0 Å². The van der Waals surface area contributed by atoms with Crippen molar-refractivity contribution in [1.82, 2.24) is 4.90 Å². The lowest BCUT2D eigenvalue weighted by atomic mass is 9.88. The summed E-state index contributed by atoms with van der Waals surface area (Å²) in [7, 11) is 0. The molecule has 2 fully saturated rings. The number of amides is 1. The van der Waals surface area contributed by atoms with E-state index in [1.54, 1.807) is 0 Å². The Morgan fingerprint density at radius 1 is 1.35 bits per heavy atom. The third-order valence-corrected chi connectivity index (χ3v) is 5.72. The second kappa shape index (κ2) is 6.62. The van der Waals surface area contributed by atoms with Crippen LogP contribution in [0.15, 0.2) is 36.2 Å². The molecule has 1 heterocycles. The van der Waals surface area contributed by atoms with Gasteiger partial charge in [0.05, 0.1) is 0 Å². The fourth-order valence-electron chi connectivity index (χ4n) is 4.21. The van der Waals surface area contributed by atoms with Crippen LogP contribution >= 0.6 is 0 Å². The number of nitrogens with two attached hydrogens (primary N) is 1. The van der Waals surface area contributed by atoms with Gasteiger partial charge in [-0.1, -0.05) is 29.8 Å². The van der Waals surface area contributed by atoms with Crippen molar-refractivity contribution >= 4 is 11.5 Å². The van der Waals surface area contributed by atoms with Gasteiger partial charge >= 0.3 is 0 Å². The number of hydrogen-bond acceptors (Lipinski definition) is 2. The van der Waals surface area contributed by atoms with Crippen LogP contribution in [0.25, 0.3) is 5.57 Å². The summed E-state index contributed by atoms with van der Waals surface area (Å²) in [6.45, 7) is 3.24. The Morgan fingerprint density at radius 2 is 2.15 bits per heavy atom. The maximum Gasteiger partial charge on any atom is 0.226 e. The van der Waals surface area contributed by atoms with E-state index in [0.717, 1.165) is 24.0 Å². The monoisotopic (exact) mass is 358 g/mol. The molecule has 1 amide bonds. The normalized spacial score (nSPS) is 30.8. The minimum atomic E-state index is -1.34. The fourth-order valence-corrected chi connectivity index (χ4v) is 4.21. The van der Waals surface area contributed by atoms with Gasteiger partial charge in [-0.2, -0.15) is 0 Å². The highest BCUT2D eigenvalue weighted by Crippen LogP contribution is 2.51. The van der Waals surface area contributed by atoms with Gasteiger partial charge in [0.2, 0.25) is 5.91 Å². The molecule has 4 atom stereocenters. The molecule has 5 heteroatoms. The van der Waals surface area contributed by atoms with E-state index in [1.165, 1.54) is 12.2 Å². The zero-order chi connectivity index (χ0) is 18.4. The summed E-state index contributed by atoms with van der Waals surface area (Å²) in [6, 6.07) is 5.80. The standard InChI is InChI=1S/C21H24F2N2O/c1-12-5-6-14(16(9-12)20-18(22)3-2-4-19(20)23)15-10-17(15)21(26)25-8-7-13(24)11-25/h2-3,5-6,9,13,15,17,19H,4,7-8,10-11,24H2,1H3. The molecule has 0 spiro atoms. The Bertz CT molecular complexity index is 801. The highest BCUT2D eigenvalue weighted by atomic mass is 19.1. The molecule has 0 bridgehead atoms. The number of likely N-dealkylation sites (tertiary alicyclic amines) is 1. The summed E-state index contributed by atoms with van der Waals surface area (Å²) in [4.78, 5) is 14.6. The molecular formula is C21H24F2N2O. The number of hydrogen-bond donors (Lipinski definition) is 1. The Balaban J connectivity index is 1.63. The third-order valence-electron chi connectivity index (χ3n) is 5.72. The number of aryl methyl sites for hydroxylation is 1. The minimum absolute atomic E-state index is 0.0355. The zero-order valence-corrected chi connectivity index (χ0v) is 14.9. The van der Waals surface area contributed by atoms with Crippen molar-refractivity contribution in [3.63, 3.8) is 0 Å². The maximum absolute atomic E-state index is 14.5. The van der Waals surface area contributed by atoms with Gasteiger partial charge in [0, 0.05) is 37.0 Å². The van der Waals surface area contributed by atoms with Crippen LogP contribution in [0.2, 0.25) is 0 Å². The van der Waals surface area contributed by atoms with E-state index >= 15 is 0 Å². The topological polar surface area (TPSA) is 46.3 Å². The molecule has 1 aromatic carbocycles. The minimum Gasteiger partial charge on any atom is -0.341 e. The predicted molar refractivity (Wildman–Crippen MR) is 97.9 cm³/mol. The van der Waals surface area contributed by atoms with Crippen LogP contribution in [0.3, 0.4) is 0 Å². The van der Waals surface area contributed by atoms with E-state index in [9.17, 15) is 13.6 Å². The highest BCUT2D eigenvalue weighted by molar-refractivity contribution is 5.85. The van der Waals surface area contributed by atoms with Gasteiger partial charge in [-0.3, -0.25) is 4.79 Å². The van der Waals surface area contributed by atoms with Gasteiger partial charge < -0.3 is 10.6 Å². The number of nitrogens with zero attached hydrogens (tertiary/aromatic N) is 1. The van der Waals surface area contributed by atoms with Crippen molar-refractivity contribution in [2.75, 3.05) is 13.1 Å². The van der Waals surface area contributed by atoms with E-state index in [0.29, 0.717) is 18.7 Å². The molecular weight excluding hydrogens is 334 g/mol. The summed E-state index contributed by atoms with van der Waals surface area (Å²) in [5.74, 6) is -0.440. The van der Waals surface area contributed by atoms with Crippen LogP contribution in [0.4, 0.5) is 8.78 Å². The molecule has 138 valence electrons. The number of allylic oxidation sites excluding steroid dienone is 4. The summed E-state index contributed by atoms with van der Waals surface area (Å²) in [5.41, 5.74) is 8.51. The first-order valence-corrected chi connectivity index (χ1v) is 9.31. The fraction of sp³-hybridized carbons (Fsp3) is 0.476. The number of carbonyl (C=O) groups is 1. The molecule has 4 rings (SSSR count). The molecule has 0 radical (unpaired) electrons. The Morgan fingerprint density at radius 3 is 2.85 bits per heavy atom. The van der Waals surface area contributed by atoms with E-state index in [1.807, 2.05) is 30.0 Å². The first-order valence-electron chi connectivity index (χ1n) is 9.31. The molecule has 26 heavy (non-hydrogen) atoms. The first kappa shape index (κ1) is 17.4. The van der Waals surface area contributed by atoms with Gasteiger partial charge in [0.15, 0.2) is 0 Å². The number of benzene rings is 1. The Hall–Kier alpha value is -2.01. The summed E-state index contributed by atoms with van der Waals surface area (Å²) < 4.78 is 28.9. The molecule has 1 saturated heterocycles. The average Bonchev–Trinajstić information content (AvgIpc) is 3.27. The van der Waals surface area contributed by atoms with Gasteiger partial charge in [0.1, 0.15) is 12.0 Å². The van der Waals surface area contributed by atoms with Crippen molar-refractivity contribution in [1.29, 1.82) is 0 Å². The van der Waals surface area contributed by atoms with Crippen molar-refractivity contribution in [3.05, 3.63) is 52.9 Å².